The van der Waals surface area contributed by atoms with Crippen molar-refractivity contribution in [2.45, 2.75) is 231 Å². The van der Waals surface area contributed by atoms with Crippen molar-refractivity contribution >= 4 is 0 Å². The van der Waals surface area contributed by atoms with E-state index >= 15 is 0 Å². The molecule has 3 heteroatoms. The van der Waals surface area contributed by atoms with Gasteiger partial charge in [0.15, 0.2) is 0 Å². The molecule has 0 atom stereocenters. The van der Waals surface area contributed by atoms with Gasteiger partial charge in [0.2, 0.25) is 0 Å². The predicted molar refractivity (Wildman–Crippen MR) is 193 cm³/mol. The third kappa shape index (κ3) is 41.9. The van der Waals surface area contributed by atoms with Crippen LogP contribution in [0, 0.1) is 0 Å². The standard InChI is InChI=1S/C40H83NO2/c42-39-35-31-27-23-19-15-11-7-4-2-1-3-5-9-13-17-21-25-29-33-37-41-38-34-30-26-22-18-14-10-6-8-12-16-20-24-28-32-36-40-43/h41-43H,1-40H2. The summed E-state index contributed by atoms with van der Waals surface area (Å²) >= 11 is 0. The van der Waals surface area contributed by atoms with Crippen LogP contribution in [0.25, 0.3) is 0 Å². The van der Waals surface area contributed by atoms with Gasteiger partial charge in [0.25, 0.3) is 0 Å². The molecule has 0 heterocycles. The molecule has 0 bridgehead atoms. The summed E-state index contributed by atoms with van der Waals surface area (Å²) in [6, 6.07) is 0. The van der Waals surface area contributed by atoms with Crippen LogP contribution < -0.4 is 5.32 Å². The highest BCUT2D eigenvalue weighted by Gasteiger charge is 1.97. The van der Waals surface area contributed by atoms with Crippen molar-refractivity contribution in [3.63, 3.8) is 0 Å². The summed E-state index contributed by atoms with van der Waals surface area (Å²) in [5, 5.41) is 21.3. The second kappa shape index (κ2) is 41.9. The molecule has 0 fully saturated rings. The number of hydrogen-bond donors (Lipinski definition) is 3. The van der Waals surface area contributed by atoms with E-state index < -0.39 is 0 Å². The summed E-state index contributed by atoms with van der Waals surface area (Å²) in [5.74, 6) is 0. The van der Waals surface area contributed by atoms with Crippen LogP contribution in [0.5, 0.6) is 0 Å². The Balaban J connectivity index is 3.02. The number of rotatable bonds is 40. The Hall–Kier alpha value is -0.120. The first-order chi connectivity index (χ1) is 21.4. The van der Waals surface area contributed by atoms with Crippen LogP contribution in [0.2, 0.25) is 0 Å². The fourth-order valence-electron chi connectivity index (χ4n) is 6.51. The molecule has 0 aromatic heterocycles. The average Bonchev–Trinajstić information content (AvgIpc) is 3.02. The molecule has 0 amide bonds. The third-order valence-corrected chi connectivity index (χ3v) is 9.52. The van der Waals surface area contributed by atoms with E-state index in [1.54, 1.807) is 0 Å². The Labute approximate surface area is 272 Å². The molecule has 3 N–H and O–H groups in total. The van der Waals surface area contributed by atoms with E-state index in [1.807, 2.05) is 0 Å². The fraction of sp³-hybridized carbons (Fsp3) is 1.00. The molecule has 0 aromatic rings. The molecule has 0 aliphatic heterocycles. The van der Waals surface area contributed by atoms with Crippen LogP contribution in [0.15, 0.2) is 0 Å². The molecule has 0 aliphatic carbocycles. The van der Waals surface area contributed by atoms with Gasteiger partial charge in [-0.2, -0.15) is 0 Å². The second-order valence-electron chi connectivity index (χ2n) is 13.9. The zero-order valence-electron chi connectivity index (χ0n) is 29.7. The zero-order valence-corrected chi connectivity index (χ0v) is 29.7. The van der Waals surface area contributed by atoms with Crippen LogP contribution >= 0.6 is 0 Å². The molecule has 0 radical (unpaired) electrons. The third-order valence-electron chi connectivity index (χ3n) is 9.52. The number of hydrogen-bond acceptors (Lipinski definition) is 3. The Morgan fingerprint density at radius 1 is 0.186 bits per heavy atom. The van der Waals surface area contributed by atoms with Gasteiger partial charge in [-0.25, -0.2) is 0 Å². The fourth-order valence-corrected chi connectivity index (χ4v) is 6.51. The average molecular weight is 610 g/mol. The molecule has 0 unspecified atom stereocenters. The Morgan fingerprint density at radius 2 is 0.326 bits per heavy atom. The molecule has 0 saturated carbocycles. The van der Waals surface area contributed by atoms with Gasteiger partial charge in [-0.15, -0.1) is 0 Å². The van der Waals surface area contributed by atoms with Crippen molar-refractivity contribution in [2.24, 2.45) is 0 Å². The van der Waals surface area contributed by atoms with Gasteiger partial charge in [0.1, 0.15) is 0 Å². The SMILES string of the molecule is OCCCCCCCCCCCCCCCCCCCCCCNCCCCCCCCCCCCCCCCCCO. The number of aliphatic hydroxyl groups excluding tert-OH is 2. The van der Waals surface area contributed by atoms with Crippen LogP contribution in [-0.4, -0.2) is 36.5 Å². The maximum Gasteiger partial charge on any atom is 0.0431 e. The highest BCUT2D eigenvalue weighted by molar-refractivity contribution is 4.54. The van der Waals surface area contributed by atoms with Gasteiger partial charge in [-0.1, -0.05) is 205 Å². The van der Waals surface area contributed by atoms with Crippen LogP contribution in [-0.2, 0) is 0 Å². The number of aliphatic hydroxyl groups is 2. The zero-order chi connectivity index (χ0) is 31.0. The lowest BCUT2D eigenvalue weighted by molar-refractivity contribution is 0.282. The molecule has 0 aromatic carbocycles. The molecule has 43 heavy (non-hydrogen) atoms. The second-order valence-corrected chi connectivity index (χ2v) is 13.9. The quantitative estimate of drug-likeness (QED) is 0.0606. The van der Waals surface area contributed by atoms with Gasteiger partial charge in [-0.05, 0) is 38.8 Å². The first kappa shape index (κ1) is 42.9. The van der Waals surface area contributed by atoms with Crippen LogP contribution in [0.4, 0.5) is 0 Å². The highest BCUT2D eigenvalue weighted by atomic mass is 16.3. The van der Waals surface area contributed by atoms with Crippen molar-refractivity contribution in [1.29, 1.82) is 0 Å². The van der Waals surface area contributed by atoms with E-state index in [4.69, 9.17) is 10.2 Å². The van der Waals surface area contributed by atoms with Crippen molar-refractivity contribution in [2.75, 3.05) is 26.3 Å². The smallest absolute Gasteiger partial charge is 0.0431 e. The van der Waals surface area contributed by atoms with E-state index in [2.05, 4.69) is 5.32 Å². The Morgan fingerprint density at radius 3 is 0.488 bits per heavy atom. The van der Waals surface area contributed by atoms with Crippen LogP contribution in [0.3, 0.4) is 0 Å². The maximum absolute atomic E-state index is 8.79. The predicted octanol–water partition coefficient (Wildman–Crippen LogP) is 12.6. The summed E-state index contributed by atoms with van der Waals surface area (Å²) in [6.07, 6.45) is 50.0. The lowest BCUT2D eigenvalue weighted by Crippen LogP contribution is -2.16. The highest BCUT2D eigenvalue weighted by Crippen LogP contribution is 2.16. The lowest BCUT2D eigenvalue weighted by Gasteiger charge is -2.06. The van der Waals surface area contributed by atoms with E-state index in [1.165, 1.54) is 231 Å². The first-order valence-corrected chi connectivity index (χ1v) is 20.3. The minimum absolute atomic E-state index is 0.370. The summed E-state index contributed by atoms with van der Waals surface area (Å²) in [6.45, 7) is 3.20. The molecule has 260 valence electrons. The van der Waals surface area contributed by atoms with Crippen molar-refractivity contribution in [3.8, 4) is 0 Å². The molecule has 0 rings (SSSR count). The summed E-state index contributed by atoms with van der Waals surface area (Å²) in [5.41, 5.74) is 0. The van der Waals surface area contributed by atoms with Crippen molar-refractivity contribution < 1.29 is 10.2 Å². The van der Waals surface area contributed by atoms with Gasteiger partial charge < -0.3 is 15.5 Å². The number of nitrogens with one attached hydrogen (secondary N) is 1. The molecule has 3 nitrogen and oxygen atoms in total. The molecule has 0 aliphatic rings. The molecular weight excluding hydrogens is 526 g/mol. The van der Waals surface area contributed by atoms with E-state index in [9.17, 15) is 0 Å². The van der Waals surface area contributed by atoms with E-state index in [-0.39, 0.29) is 0 Å². The van der Waals surface area contributed by atoms with Gasteiger partial charge >= 0.3 is 0 Å². The molecule has 0 saturated heterocycles. The minimum atomic E-state index is 0.370. The van der Waals surface area contributed by atoms with Crippen molar-refractivity contribution in [3.05, 3.63) is 0 Å². The van der Waals surface area contributed by atoms with Gasteiger partial charge in [0.05, 0.1) is 0 Å². The van der Waals surface area contributed by atoms with E-state index in [0.29, 0.717) is 13.2 Å². The number of unbranched alkanes of at least 4 members (excludes halogenated alkanes) is 34. The summed E-state index contributed by atoms with van der Waals surface area (Å²) < 4.78 is 0. The normalized spacial score (nSPS) is 11.6. The molecule has 0 spiro atoms. The van der Waals surface area contributed by atoms with Crippen molar-refractivity contribution in [1.82, 2.24) is 5.32 Å². The van der Waals surface area contributed by atoms with Crippen LogP contribution in [0.1, 0.15) is 231 Å². The Kier molecular flexibility index (Phi) is 41.8. The Bertz CT molecular complexity index is 418. The topological polar surface area (TPSA) is 52.5 Å². The largest absolute Gasteiger partial charge is 0.396 e. The van der Waals surface area contributed by atoms with E-state index in [0.717, 1.165) is 12.8 Å². The monoisotopic (exact) mass is 610 g/mol. The summed E-state index contributed by atoms with van der Waals surface area (Å²) in [4.78, 5) is 0. The maximum atomic E-state index is 8.79. The van der Waals surface area contributed by atoms with Gasteiger partial charge in [-0.3, -0.25) is 0 Å². The molecular formula is C40H83NO2. The van der Waals surface area contributed by atoms with Gasteiger partial charge in [0, 0.05) is 13.2 Å². The lowest BCUT2D eigenvalue weighted by atomic mass is 10.0. The summed E-state index contributed by atoms with van der Waals surface area (Å²) in [7, 11) is 0. The first-order valence-electron chi connectivity index (χ1n) is 20.3. The minimum Gasteiger partial charge on any atom is -0.396 e.